The minimum atomic E-state index is 0.109. The van der Waals surface area contributed by atoms with Crippen LogP contribution in [0.1, 0.15) is 20.3 Å². The van der Waals surface area contributed by atoms with Crippen LogP contribution in [0.25, 0.3) is 0 Å². The predicted molar refractivity (Wildman–Crippen MR) is 45.9 cm³/mol. The zero-order valence-corrected chi connectivity index (χ0v) is 7.67. The van der Waals surface area contributed by atoms with Crippen LogP contribution in [0, 0.1) is 5.92 Å². The molecule has 1 heterocycles. The van der Waals surface area contributed by atoms with Crippen molar-refractivity contribution in [1.29, 1.82) is 0 Å². The molecule has 1 saturated heterocycles. The molecule has 3 heteroatoms. The molecule has 0 N–H and O–H groups in total. The highest BCUT2D eigenvalue weighted by Crippen LogP contribution is 2.11. The zero-order valence-electron chi connectivity index (χ0n) is 7.67. The monoisotopic (exact) mass is 169 g/mol. The number of carbonyl (C=O) groups is 2. The molecule has 0 aromatic rings. The molecule has 1 rings (SSSR count). The van der Waals surface area contributed by atoms with Gasteiger partial charge in [-0.3, -0.25) is 14.5 Å². The molecule has 0 aliphatic carbocycles. The van der Waals surface area contributed by atoms with Crippen molar-refractivity contribution in [3.8, 4) is 0 Å². The molecule has 0 aromatic carbocycles. The number of carbonyl (C=O) groups excluding carboxylic acids is 2. The molecule has 1 aliphatic rings. The molecule has 3 nitrogen and oxygen atoms in total. The average molecular weight is 169 g/mol. The van der Waals surface area contributed by atoms with Crippen LogP contribution in [0.3, 0.4) is 0 Å². The van der Waals surface area contributed by atoms with Gasteiger partial charge in [0.1, 0.15) is 11.6 Å². The van der Waals surface area contributed by atoms with E-state index in [-0.39, 0.29) is 11.7 Å². The normalized spacial score (nSPS) is 25.8. The van der Waals surface area contributed by atoms with E-state index in [0.717, 1.165) is 13.1 Å². The minimum absolute atomic E-state index is 0.109. The molecular weight excluding hydrogens is 154 g/mol. The summed E-state index contributed by atoms with van der Waals surface area (Å²) in [5.41, 5.74) is 0. The summed E-state index contributed by atoms with van der Waals surface area (Å²) in [6, 6.07) is 0. The standard InChI is InChI=1S/C9H15NO2/c1-7-5-10(6-8(2)11)4-3-9(7)12/h7H,3-6H2,1-2H3. The van der Waals surface area contributed by atoms with Crippen molar-refractivity contribution in [3.63, 3.8) is 0 Å². The number of Topliss-reactive ketones (excluding diaryl/α,β-unsaturated/α-hetero) is 2. The van der Waals surface area contributed by atoms with Crippen LogP contribution in [-0.4, -0.2) is 36.1 Å². The maximum absolute atomic E-state index is 11.1. The summed E-state index contributed by atoms with van der Waals surface area (Å²) >= 11 is 0. The second kappa shape index (κ2) is 3.81. The van der Waals surface area contributed by atoms with E-state index in [0.29, 0.717) is 18.7 Å². The summed E-state index contributed by atoms with van der Waals surface area (Å²) in [5.74, 6) is 0.615. The lowest BCUT2D eigenvalue weighted by Crippen LogP contribution is -2.41. The van der Waals surface area contributed by atoms with Gasteiger partial charge in [-0.15, -0.1) is 0 Å². The van der Waals surface area contributed by atoms with Crippen LogP contribution >= 0.6 is 0 Å². The quantitative estimate of drug-likeness (QED) is 0.603. The molecule has 0 bridgehead atoms. The lowest BCUT2D eigenvalue weighted by atomic mass is 9.98. The third-order valence-corrected chi connectivity index (χ3v) is 2.20. The van der Waals surface area contributed by atoms with Crippen molar-refractivity contribution in [2.75, 3.05) is 19.6 Å². The largest absolute Gasteiger partial charge is 0.299 e. The van der Waals surface area contributed by atoms with Gasteiger partial charge in [-0.05, 0) is 6.92 Å². The Morgan fingerprint density at radius 2 is 2.33 bits per heavy atom. The van der Waals surface area contributed by atoms with Gasteiger partial charge in [0, 0.05) is 25.4 Å². The summed E-state index contributed by atoms with van der Waals surface area (Å²) in [5, 5.41) is 0. The molecule has 12 heavy (non-hydrogen) atoms. The number of rotatable bonds is 2. The summed E-state index contributed by atoms with van der Waals surface area (Å²) in [4.78, 5) is 23.9. The zero-order chi connectivity index (χ0) is 9.14. The summed E-state index contributed by atoms with van der Waals surface area (Å²) in [6.45, 7) is 5.51. The number of piperidine rings is 1. The van der Waals surface area contributed by atoms with E-state index in [1.807, 2.05) is 6.92 Å². The van der Waals surface area contributed by atoms with Gasteiger partial charge in [0.25, 0.3) is 0 Å². The minimum Gasteiger partial charge on any atom is -0.299 e. The Kier molecular flexibility index (Phi) is 2.98. The Hall–Kier alpha value is -0.700. The van der Waals surface area contributed by atoms with Crippen LogP contribution in [0.2, 0.25) is 0 Å². The fourth-order valence-corrected chi connectivity index (χ4v) is 1.55. The predicted octanol–water partition coefficient (Wildman–Crippen LogP) is 0.486. The summed E-state index contributed by atoms with van der Waals surface area (Å²) in [6.07, 6.45) is 0.606. The molecule has 0 amide bonds. The van der Waals surface area contributed by atoms with Gasteiger partial charge in [-0.2, -0.15) is 0 Å². The molecule has 1 aliphatic heterocycles. The van der Waals surface area contributed by atoms with E-state index in [1.165, 1.54) is 0 Å². The van der Waals surface area contributed by atoms with Crippen molar-refractivity contribution < 1.29 is 9.59 Å². The van der Waals surface area contributed by atoms with Crippen LogP contribution in [0.5, 0.6) is 0 Å². The fraction of sp³-hybridized carbons (Fsp3) is 0.778. The fourth-order valence-electron chi connectivity index (χ4n) is 1.55. The average Bonchev–Trinajstić information content (AvgIpc) is 1.96. The first-order valence-corrected chi connectivity index (χ1v) is 4.34. The summed E-state index contributed by atoms with van der Waals surface area (Å²) < 4.78 is 0. The Bertz CT molecular complexity index is 201. The number of ketones is 2. The number of likely N-dealkylation sites (tertiary alicyclic amines) is 1. The van der Waals surface area contributed by atoms with Gasteiger partial charge in [-0.25, -0.2) is 0 Å². The highest BCUT2D eigenvalue weighted by atomic mass is 16.1. The first-order valence-electron chi connectivity index (χ1n) is 4.34. The molecular formula is C9H15NO2. The van der Waals surface area contributed by atoms with Crippen molar-refractivity contribution in [2.45, 2.75) is 20.3 Å². The Morgan fingerprint density at radius 1 is 1.67 bits per heavy atom. The Labute approximate surface area is 72.7 Å². The molecule has 1 atom stereocenters. The van der Waals surface area contributed by atoms with Crippen molar-refractivity contribution >= 4 is 11.6 Å². The van der Waals surface area contributed by atoms with E-state index in [2.05, 4.69) is 4.90 Å². The third kappa shape index (κ3) is 2.41. The molecule has 0 aromatic heterocycles. The number of hydrogen-bond acceptors (Lipinski definition) is 3. The maximum Gasteiger partial charge on any atom is 0.143 e. The lowest BCUT2D eigenvalue weighted by Gasteiger charge is -2.28. The molecule has 0 spiro atoms. The molecule has 0 saturated carbocycles. The topological polar surface area (TPSA) is 37.4 Å². The van der Waals surface area contributed by atoms with E-state index >= 15 is 0 Å². The van der Waals surface area contributed by atoms with E-state index in [9.17, 15) is 9.59 Å². The highest BCUT2D eigenvalue weighted by molar-refractivity contribution is 5.82. The van der Waals surface area contributed by atoms with Gasteiger partial charge in [0.05, 0.1) is 6.54 Å². The molecule has 1 unspecified atom stereocenters. The van der Waals surface area contributed by atoms with Crippen LogP contribution < -0.4 is 0 Å². The summed E-state index contributed by atoms with van der Waals surface area (Å²) in [7, 11) is 0. The van der Waals surface area contributed by atoms with E-state index < -0.39 is 0 Å². The second-order valence-corrected chi connectivity index (χ2v) is 3.55. The molecule has 1 fully saturated rings. The molecule has 68 valence electrons. The van der Waals surface area contributed by atoms with Crippen LogP contribution in [-0.2, 0) is 9.59 Å². The second-order valence-electron chi connectivity index (χ2n) is 3.55. The van der Waals surface area contributed by atoms with E-state index in [4.69, 9.17) is 0 Å². The van der Waals surface area contributed by atoms with Gasteiger partial charge in [0.2, 0.25) is 0 Å². The molecule has 0 radical (unpaired) electrons. The van der Waals surface area contributed by atoms with Gasteiger partial charge < -0.3 is 0 Å². The van der Waals surface area contributed by atoms with Crippen molar-refractivity contribution in [3.05, 3.63) is 0 Å². The van der Waals surface area contributed by atoms with Crippen LogP contribution in [0.4, 0.5) is 0 Å². The highest BCUT2D eigenvalue weighted by Gasteiger charge is 2.23. The van der Waals surface area contributed by atoms with E-state index in [1.54, 1.807) is 6.92 Å². The smallest absolute Gasteiger partial charge is 0.143 e. The van der Waals surface area contributed by atoms with Gasteiger partial charge >= 0.3 is 0 Å². The van der Waals surface area contributed by atoms with Gasteiger partial charge in [0.15, 0.2) is 0 Å². The van der Waals surface area contributed by atoms with Gasteiger partial charge in [-0.1, -0.05) is 6.92 Å². The lowest BCUT2D eigenvalue weighted by molar-refractivity contribution is -0.127. The number of hydrogen-bond donors (Lipinski definition) is 0. The maximum atomic E-state index is 11.1. The van der Waals surface area contributed by atoms with Crippen LogP contribution in [0.15, 0.2) is 0 Å². The van der Waals surface area contributed by atoms with Crippen molar-refractivity contribution in [1.82, 2.24) is 4.90 Å². The Balaban J connectivity index is 2.40. The van der Waals surface area contributed by atoms with Crippen molar-refractivity contribution in [2.24, 2.45) is 5.92 Å². The Morgan fingerprint density at radius 3 is 2.83 bits per heavy atom. The SMILES string of the molecule is CC(=O)CN1CCC(=O)C(C)C1. The third-order valence-electron chi connectivity index (χ3n) is 2.20. The first-order chi connectivity index (χ1) is 5.59. The number of nitrogens with zero attached hydrogens (tertiary/aromatic N) is 1. The first kappa shape index (κ1) is 9.39.